The van der Waals surface area contributed by atoms with Crippen LogP contribution < -0.4 is 4.90 Å². The van der Waals surface area contributed by atoms with Gasteiger partial charge < -0.3 is 20.2 Å². The Labute approximate surface area is 183 Å². The van der Waals surface area contributed by atoms with Gasteiger partial charge in [-0.2, -0.15) is 0 Å². The normalized spacial score (nSPS) is 17.8. The number of nitrogens with zero attached hydrogens (tertiary/aromatic N) is 1. The molecular weight excluding hydrogens is 394 g/mol. The summed E-state index contributed by atoms with van der Waals surface area (Å²) in [4.78, 5) is 25.0. The molecule has 1 saturated heterocycles. The van der Waals surface area contributed by atoms with Crippen molar-refractivity contribution in [2.24, 2.45) is 5.92 Å². The number of hydrogen-bond acceptors (Lipinski definition) is 4. The van der Waals surface area contributed by atoms with Crippen molar-refractivity contribution in [2.45, 2.75) is 57.6 Å². The number of rotatable bonds is 11. The second-order valence-electron chi connectivity index (χ2n) is 8.40. The molecule has 6 nitrogen and oxygen atoms in total. The highest BCUT2D eigenvalue weighted by atomic mass is 16.4. The average molecular weight is 426 g/mol. The standard InChI is InChI=1S/C25H31NO5/c1-17(25(30)31)3-2-4-18-5-10-20(11-6-18)23-15-24(29)26(23)21-12-7-19(8-13-21)9-14-22(28)16-27/h5-8,10-13,17,22-23,27-28H,2-4,9,14-16H2,1H3,(H,30,31). The van der Waals surface area contributed by atoms with E-state index in [9.17, 15) is 14.7 Å². The van der Waals surface area contributed by atoms with Gasteiger partial charge in [-0.05, 0) is 60.9 Å². The third-order valence-electron chi connectivity index (χ3n) is 6.03. The summed E-state index contributed by atoms with van der Waals surface area (Å²) in [6.07, 6.45) is 3.30. The molecule has 6 heteroatoms. The lowest BCUT2D eigenvalue weighted by molar-refractivity contribution is -0.141. The van der Waals surface area contributed by atoms with Crippen LogP contribution in [0.1, 0.15) is 55.3 Å². The molecule has 1 fully saturated rings. The Morgan fingerprint density at radius 3 is 2.23 bits per heavy atom. The number of amides is 1. The van der Waals surface area contributed by atoms with Gasteiger partial charge in [0.15, 0.2) is 0 Å². The van der Waals surface area contributed by atoms with Crippen molar-refractivity contribution in [3.8, 4) is 0 Å². The van der Waals surface area contributed by atoms with E-state index in [4.69, 9.17) is 10.2 Å². The number of anilines is 1. The molecule has 3 rings (SSSR count). The Balaban J connectivity index is 1.58. The van der Waals surface area contributed by atoms with E-state index >= 15 is 0 Å². The number of aliphatic carboxylic acids is 1. The molecular formula is C25H31NO5. The van der Waals surface area contributed by atoms with Crippen LogP contribution in [0.4, 0.5) is 5.69 Å². The maximum Gasteiger partial charge on any atom is 0.306 e. The molecule has 1 amide bonds. The molecule has 1 heterocycles. The van der Waals surface area contributed by atoms with Crippen LogP contribution in [-0.2, 0) is 22.4 Å². The number of hydrogen-bond donors (Lipinski definition) is 3. The zero-order chi connectivity index (χ0) is 22.4. The molecule has 3 N–H and O–H groups in total. The van der Waals surface area contributed by atoms with Crippen LogP contribution in [-0.4, -0.2) is 39.9 Å². The van der Waals surface area contributed by atoms with Gasteiger partial charge in [0.1, 0.15) is 0 Å². The number of aliphatic hydroxyl groups excluding tert-OH is 2. The van der Waals surface area contributed by atoms with Gasteiger partial charge in [0.05, 0.1) is 31.1 Å². The number of carbonyl (C=O) groups is 2. The zero-order valence-corrected chi connectivity index (χ0v) is 17.9. The van der Waals surface area contributed by atoms with Gasteiger partial charge in [-0.1, -0.05) is 43.3 Å². The van der Waals surface area contributed by atoms with Crippen LogP contribution in [0.25, 0.3) is 0 Å². The lowest BCUT2D eigenvalue weighted by atomic mass is 9.91. The van der Waals surface area contributed by atoms with E-state index in [2.05, 4.69) is 24.3 Å². The number of carboxylic acid groups (broad SMARTS) is 1. The van der Waals surface area contributed by atoms with Crippen LogP contribution in [0.3, 0.4) is 0 Å². The Bertz CT molecular complexity index is 878. The van der Waals surface area contributed by atoms with E-state index in [0.717, 1.165) is 29.7 Å². The summed E-state index contributed by atoms with van der Waals surface area (Å²) in [5.74, 6) is -0.971. The molecule has 0 spiro atoms. The number of aryl methyl sites for hydroxylation is 2. The molecule has 2 aromatic carbocycles. The minimum absolute atomic E-state index is 0.0237. The van der Waals surface area contributed by atoms with E-state index in [1.807, 2.05) is 29.2 Å². The van der Waals surface area contributed by atoms with E-state index in [-0.39, 0.29) is 24.5 Å². The Morgan fingerprint density at radius 2 is 1.65 bits per heavy atom. The molecule has 0 saturated carbocycles. The highest BCUT2D eigenvalue weighted by Crippen LogP contribution is 2.39. The number of β-lactam (4-membered cyclic amide) rings is 1. The van der Waals surface area contributed by atoms with Gasteiger partial charge in [-0.25, -0.2) is 0 Å². The molecule has 1 aliphatic heterocycles. The third-order valence-corrected chi connectivity index (χ3v) is 6.03. The second kappa shape index (κ2) is 10.6. The van der Waals surface area contributed by atoms with Crippen molar-refractivity contribution >= 4 is 17.6 Å². The quantitative estimate of drug-likeness (QED) is 0.479. The molecule has 1 aliphatic rings. The van der Waals surface area contributed by atoms with Gasteiger partial charge in [0, 0.05) is 5.69 Å². The predicted molar refractivity (Wildman–Crippen MR) is 119 cm³/mol. The van der Waals surface area contributed by atoms with Gasteiger partial charge in [0.2, 0.25) is 5.91 Å². The summed E-state index contributed by atoms with van der Waals surface area (Å²) in [6.45, 7) is 1.50. The smallest absolute Gasteiger partial charge is 0.306 e. The van der Waals surface area contributed by atoms with E-state index in [1.165, 1.54) is 5.56 Å². The SMILES string of the molecule is CC(CCCc1ccc(C2CC(=O)N2c2ccc(CCC(O)CO)cc2)cc1)C(=O)O. The Morgan fingerprint density at radius 1 is 1.03 bits per heavy atom. The molecule has 31 heavy (non-hydrogen) atoms. The number of carboxylic acids is 1. The summed E-state index contributed by atoms with van der Waals surface area (Å²) in [6, 6.07) is 16.1. The van der Waals surface area contributed by atoms with E-state index in [0.29, 0.717) is 25.7 Å². The first-order chi connectivity index (χ1) is 14.9. The number of carbonyl (C=O) groups excluding carboxylic acids is 1. The molecule has 0 radical (unpaired) electrons. The van der Waals surface area contributed by atoms with Gasteiger partial charge in [-0.15, -0.1) is 0 Å². The van der Waals surface area contributed by atoms with Crippen LogP contribution in [0.2, 0.25) is 0 Å². The van der Waals surface area contributed by atoms with Gasteiger partial charge in [-0.3, -0.25) is 9.59 Å². The van der Waals surface area contributed by atoms with Crippen molar-refractivity contribution in [2.75, 3.05) is 11.5 Å². The molecule has 3 unspecified atom stereocenters. The fraction of sp³-hybridized carbons (Fsp3) is 0.440. The molecule has 166 valence electrons. The third kappa shape index (κ3) is 5.93. The summed E-state index contributed by atoms with van der Waals surface area (Å²) >= 11 is 0. The van der Waals surface area contributed by atoms with E-state index in [1.54, 1.807) is 6.92 Å². The Hall–Kier alpha value is -2.70. The summed E-state index contributed by atoms with van der Waals surface area (Å²) in [5.41, 5.74) is 4.19. The first-order valence-corrected chi connectivity index (χ1v) is 10.9. The van der Waals surface area contributed by atoms with Crippen molar-refractivity contribution < 1.29 is 24.9 Å². The molecule has 0 aliphatic carbocycles. The average Bonchev–Trinajstić information content (AvgIpc) is 2.77. The fourth-order valence-corrected chi connectivity index (χ4v) is 3.90. The van der Waals surface area contributed by atoms with Crippen LogP contribution in [0.5, 0.6) is 0 Å². The Kier molecular flexibility index (Phi) is 7.82. The molecule has 3 atom stereocenters. The largest absolute Gasteiger partial charge is 0.481 e. The minimum Gasteiger partial charge on any atom is -0.481 e. The highest BCUT2D eigenvalue weighted by Gasteiger charge is 2.38. The first kappa shape index (κ1) is 23.0. The van der Waals surface area contributed by atoms with Gasteiger partial charge >= 0.3 is 5.97 Å². The van der Waals surface area contributed by atoms with Crippen LogP contribution in [0.15, 0.2) is 48.5 Å². The summed E-state index contributed by atoms with van der Waals surface area (Å²) in [7, 11) is 0. The maximum absolute atomic E-state index is 12.3. The van der Waals surface area contributed by atoms with Crippen molar-refractivity contribution in [3.63, 3.8) is 0 Å². The topological polar surface area (TPSA) is 98.1 Å². The zero-order valence-electron chi connectivity index (χ0n) is 17.9. The summed E-state index contributed by atoms with van der Waals surface area (Å²) in [5, 5.41) is 27.4. The second-order valence-corrected chi connectivity index (χ2v) is 8.40. The maximum atomic E-state index is 12.3. The van der Waals surface area contributed by atoms with Crippen LogP contribution >= 0.6 is 0 Å². The lowest BCUT2D eigenvalue weighted by Gasteiger charge is -2.41. The predicted octanol–water partition coefficient (Wildman–Crippen LogP) is 3.49. The highest BCUT2D eigenvalue weighted by molar-refractivity contribution is 6.01. The number of aliphatic hydroxyl groups is 2. The molecule has 0 aromatic heterocycles. The summed E-state index contributed by atoms with van der Waals surface area (Å²) < 4.78 is 0. The minimum atomic E-state index is -0.749. The monoisotopic (exact) mass is 425 g/mol. The fourth-order valence-electron chi connectivity index (χ4n) is 3.90. The molecule has 0 bridgehead atoms. The van der Waals surface area contributed by atoms with Crippen molar-refractivity contribution in [3.05, 3.63) is 65.2 Å². The van der Waals surface area contributed by atoms with Crippen molar-refractivity contribution in [1.29, 1.82) is 0 Å². The van der Waals surface area contributed by atoms with E-state index < -0.39 is 12.1 Å². The lowest BCUT2D eigenvalue weighted by Crippen LogP contribution is -2.46. The molecule has 2 aromatic rings. The van der Waals surface area contributed by atoms with Crippen molar-refractivity contribution in [1.82, 2.24) is 0 Å². The number of benzene rings is 2. The van der Waals surface area contributed by atoms with Crippen LogP contribution in [0, 0.1) is 5.92 Å². The first-order valence-electron chi connectivity index (χ1n) is 10.9. The van der Waals surface area contributed by atoms with Gasteiger partial charge in [0.25, 0.3) is 0 Å².